The molecule has 44 heavy (non-hydrogen) atoms. The molecule has 260 valence electrons. The van der Waals surface area contributed by atoms with E-state index in [1.54, 1.807) is 0 Å². The van der Waals surface area contributed by atoms with Crippen molar-refractivity contribution in [3.05, 3.63) is 12.3 Å². The molecule has 0 aromatic heterocycles. The van der Waals surface area contributed by atoms with Gasteiger partial charge in [-0.2, -0.15) is 0 Å². The van der Waals surface area contributed by atoms with E-state index in [2.05, 4.69) is 58.5 Å². The molecule has 0 amide bonds. The molecule has 0 heterocycles. The molecule has 1 rings (SSSR count). The van der Waals surface area contributed by atoms with E-state index in [4.69, 9.17) is 9.47 Å². The summed E-state index contributed by atoms with van der Waals surface area (Å²) in [5, 5.41) is 3.33. The Labute approximate surface area is 275 Å². The Morgan fingerprint density at radius 1 is 0.795 bits per heavy atom. The molecule has 5 nitrogen and oxygen atoms in total. The van der Waals surface area contributed by atoms with E-state index in [1.165, 1.54) is 109 Å². The van der Waals surface area contributed by atoms with Gasteiger partial charge in [-0.15, -0.1) is 0 Å². The molecule has 1 aliphatic carbocycles. The van der Waals surface area contributed by atoms with Gasteiger partial charge in [0.25, 0.3) is 0 Å². The van der Waals surface area contributed by atoms with Gasteiger partial charge in [-0.3, -0.25) is 4.79 Å². The fourth-order valence-electron chi connectivity index (χ4n) is 6.74. The number of allylic oxidation sites excluding steroid dienone is 1. The summed E-state index contributed by atoms with van der Waals surface area (Å²) in [5.74, 6) is 1.78. The van der Waals surface area contributed by atoms with Crippen LogP contribution in [0.5, 0.6) is 0 Å². The lowest BCUT2D eigenvalue weighted by molar-refractivity contribution is -0.151. The van der Waals surface area contributed by atoms with Crippen LogP contribution in [0.2, 0.25) is 0 Å². The minimum absolute atomic E-state index is 0.0336. The van der Waals surface area contributed by atoms with Crippen LogP contribution in [0.15, 0.2) is 12.3 Å². The van der Waals surface area contributed by atoms with E-state index >= 15 is 0 Å². The van der Waals surface area contributed by atoms with Gasteiger partial charge < -0.3 is 19.7 Å². The first-order chi connectivity index (χ1) is 21.2. The zero-order valence-electron chi connectivity index (χ0n) is 30.5. The molecular weight excluding hydrogens is 544 g/mol. The first-order valence-corrected chi connectivity index (χ1v) is 19.1. The third-order valence-corrected chi connectivity index (χ3v) is 9.72. The highest BCUT2D eigenvalue weighted by atomic mass is 16.5. The first-order valence-electron chi connectivity index (χ1n) is 19.1. The van der Waals surface area contributed by atoms with E-state index < -0.39 is 0 Å². The van der Waals surface area contributed by atoms with Crippen LogP contribution < -0.4 is 5.32 Å². The van der Waals surface area contributed by atoms with Crippen molar-refractivity contribution in [3.63, 3.8) is 0 Å². The number of carbonyl (C=O) groups is 1. The number of rotatable bonds is 28. The summed E-state index contributed by atoms with van der Waals surface area (Å²) in [6, 6.07) is 0. The molecule has 0 aromatic carbocycles. The van der Waals surface area contributed by atoms with E-state index in [0.29, 0.717) is 17.9 Å². The molecule has 0 saturated heterocycles. The van der Waals surface area contributed by atoms with Crippen LogP contribution in [0.4, 0.5) is 0 Å². The van der Waals surface area contributed by atoms with Crippen LogP contribution in [0, 0.1) is 11.3 Å². The second-order valence-corrected chi connectivity index (χ2v) is 15.0. The molecule has 1 N–H and O–H groups in total. The van der Waals surface area contributed by atoms with Crippen molar-refractivity contribution in [2.75, 3.05) is 33.2 Å². The largest absolute Gasteiger partial charge is 0.496 e. The third-order valence-electron chi connectivity index (χ3n) is 9.72. The lowest BCUT2D eigenvalue weighted by Gasteiger charge is -2.36. The minimum atomic E-state index is 0.0336. The summed E-state index contributed by atoms with van der Waals surface area (Å²) in [6.45, 7) is 20.2. The van der Waals surface area contributed by atoms with Gasteiger partial charge in [0.2, 0.25) is 0 Å². The summed E-state index contributed by atoms with van der Waals surface area (Å²) in [5.41, 5.74) is 0.376. The van der Waals surface area contributed by atoms with Gasteiger partial charge in [-0.1, -0.05) is 105 Å². The standard InChI is InChI=1S/C39H76N2O3/c1-8-23-34(2)43-35(3)24-19-15-11-9-13-17-21-31-41(33-30-40-7)32-22-18-14-10-12-16-20-25-38(42)44-37-28-26-36(27-29-37)39(4,5)6/h34,36-37,40H,3,8-33H2,1-2,4-7H3. The Balaban J connectivity index is 1.98. The molecule has 1 saturated carbocycles. The second kappa shape index (κ2) is 26.0. The number of esters is 1. The normalized spacial score (nSPS) is 18.0. The Kier molecular flexibility index (Phi) is 24.2. The molecule has 1 aliphatic rings. The zero-order chi connectivity index (χ0) is 32.5. The Morgan fingerprint density at radius 3 is 1.80 bits per heavy atom. The van der Waals surface area contributed by atoms with Crippen molar-refractivity contribution >= 4 is 5.97 Å². The number of carbonyl (C=O) groups excluding carboxylic acids is 1. The number of ether oxygens (including phenoxy) is 2. The van der Waals surface area contributed by atoms with Gasteiger partial charge >= 0.3 is 5.97 Å². The molecule has 0 aromatic rings. The average Bonchev–Trinajstić information content (AvgIpc) is 2.97. The van der Waals surface area contributed by atoms with Crippen LogP contribution in [0.3, 0.4) is 0 Å². The number of nitrogens with zero attached hydrogens (tertiary/aromatic N) is 1. The predicted octanol–water partition coefficient (Wildman–Crippen LogP) is 10.6. The second-order valence-electron chi connectivity index (χ2n) is 15.0. The fourth-order valence-corrected chi connectivity index (χ4v) is 6.74. The van der Waals surface area contributed by atoms with Crippen molar-refractivity contribution in [3.8, 4) is 0 Å². The quantitative estimate of drug-likeness (QED) is 0.0536. The summed E-state index contributed by atoms with van der Waals surface area (Å²) in [7, 11) is 2.06. The maximum Gasteiger partial charge on any atom is 0.306 e. The van der Waals surface area contributed by atoms with Gasteiger partial charge in [-0.25, -0.2) is 0 Å². The SMILES string of the molecule is C=C(CCCCCCCCCN(CCCCCCCCCC(=O)OC1CCC(C(C)(C)C)CC1)CCNC)OC(C)CCC. The van der Waals surface area contributed by atoms with Crippen LogP contribution in [-0.4, -0.2) is 56.3 Å². The topological polar surface area (TPSA) is 50.8 Å². The van der Waals surface area contributed by atoms with Crippen LogP contribution in [0.1, 0.15) is 176 Å². The van der Waals surface area contributed by atoms with E-state index in [0.717, 1.165) is 63.3 Å². The van der Waals surface area contributed by atoms with E-state index in [1.807, 2.05) is 0 Å². The molecule has 1 fully saturated rings. The van der Waals surface area contributed by atoms with Crippen LogP contribution >= 0.6 is 0 Å². The number of nitrogens with one attached hydrogen (secondary N) is 1. The van der Waals surface area contributed by atoms with Crippen LogP contribution in [-0.2, 0) is 14.3 Å². The molecule has 0 radical (unpaired) electrons. The molecule has 0 aliphatic heterocycles. The summed E-state index contributed by atoms with van der Waals surface area (Å²) in [4.78, 5) is 15.0. The van der Waals surface area contributed by atoms with Gasteiger partial charge in [0, 0.05) is 25.9 Å². The molecular formula is C39H76N2O3. The summed E-state index contributed by atoms with van der Waals surface area (Å²) < 4.78 is 11.7. The van der Waals surface area contributed by atoms with Gasteiger partial charge in [0.15, 0.2) is 0 Å². The van der Waals surface area contributed by atoms with Crippen LogP contribution in [0.25, 0.3) is 0 Å². The number of hydrogen-bond acceptors (Lipinski definition) is 5. The van der Waals surface area contributed by atoms with Gasteiger partial charge in [-0.05, 0) is 96.2 Å². The highest BCUT2D eigenvalue weighted by molar-refractivity contribution is 5.69. The monoisotopic (exact) mass is 621 g/mol. The van der Waals surface area contributed by atoms with Gasteiger partial charge in [0.1, 0.15) is 6.10 Å². The lowest BCUT2D eigenvalue weighted by Crippen LogP contribution is -2.32. The Bertz CT molecular complexity index is 696. The Morgan fingerprint density at radius 2 is 1.30 bits per heavy atom. The van der Waals surface area contributed by atoms with E-state index in [-0.39, 0.29) is 12.1 Å². The molecule has 5 heteroatoms. The van der Waals surface area contributed by atoms with Gasteiger partial charge in [0.05, 0.1) is 11.9 Å². The number of unbranched alkanes of at least 4 members (excludes halogenated alkanes) is 12. The third kappa shape index (κ3) is 22.4. The minimum Gasteiger partial charge on any atom is -0.496 e. The molecule has 0 bridgehead atoms. The predicted molar refractivity (Wildman–Crippen MR) is 190 cm³/mol. The first kappa shape index (κ1) is 41.0. The van der Waals surface area contributed by atoms with Crippen molar-refractivity contribution in [1.82, 2.24) is 10.2 Å². The molecule has 0 spiro atoms. The average molecular weight is 621 g/mol. The Hall–Kier alpha value is -1.07. The van der Waals surface area contributed by atoms with Crippen molar-refractivity contribution < 1.29 is 14.3 Å². The maximum atomic E-state index is 12.3. The van der Waals surface area contributed by atoms with Crippen molar-refractivity contribution in [1.29, 1.82) is 0 Å². The summed E-state index contributed by atoms with van der Waals surface area (Å²) in [6.07, 6.45) is 26.7. The molecule has 1 atom stereocenters. The van der Waals surface area contributed by atoms with Crippen molar-refractivity contribution in [2.24, 2.45) is 11.3 Å². The smallest absolute Gasteiger partial charge is 0.306 e. The number of hydrogen-bond donors (Lipinski definition) is 1. The summed E-state index contributed by atoms with van der Waals surface area (Å²) >= 11 is 0. The number of likely N-dealkylation sites (N-methyl/N-ethyl adjacent to an activating group) is 1. The van der Waals surface area contributed by atoms with Crippen molar-refractivity contribution in [2.45, 2.75) is 188 Å². The lowest BCUT2D eigenvalue weighted by atomic mass is 9.72. The van der Waals surface area contributed by atoms with E-state index in [9.17, 15) is 4.79 Å². The maximum absolute atomic E-state index is 12.3. The highest BCUT2D eigenvalue weighted by Gasteiger charge is 2.30. The zero-order valence-corrected chi connectivity index (χ0v) is 30.5. The highest BCUT2D eigenvalue weighted by Crippen LogP contribution is 2.38. The molecule has 1 unspecified atom stereocenters. The fraction of sp³-hybridized carbons (Fsp3) is 0.923.